The summed E-state index contributed by atoms with van der Waals surface area (Å²) >= 11 is 3.31. The minimum absolute atomic E-state index is 0.291. The number of hydrogen-bond donors (Lipinski definition) is 0. The van der Waals surface area contributed by atoms with E-state index >= 15 is 0 Å². The minimum Gasteiger partial charge on any atom is -0.340 e. The van der Waals surface area contributed by atoms with Gasteiger partial charge in [0.25, 0.3) is 5.56 Å². The number of halogens is 4. The lowest BCUT2D eigenvalue weighted by molar-refractivity contribution is -0.139. The molecule has 4 nitrogen and oxygen atoms in total. The zero-order valence-electron chi connectivity index (χ0n) is 12.7. The molecule has 0 aliphatic carbocycles. The van der Waals surface area contributed by atoms with Crippen LogP contribution in [0.4, 0.5) is 13.2 Å². The maximum absolute atomic E-state index is 12.7. The Hall–Kier alpha value is -2.09. The first kappa shape index (κ1) is 18.3. The molecule has 0 unspecified atom stereocenters. The van der Waals surface area contributed by atoms with Crippen LogP contribution in [0.5, 0.6) is 0 Å². The molecular weight excluding hydrogens is 389 g/mol. The highest BCUT2D eigenvalue weighted by atomic mass is 79.9. The number of carbonyl (C=O) groups is 1. The van der Waals surface area contributed by atoms with Crippen molar-refractivity contribution in [1.82, 2.24) is 9.47 Å². The van der Waals surface area contributed by atoms with Gasteiger partial charge in [0.2, 0.25) is 5.91 Å². The zero-order chi connectivity index (χ0) is 17.9. The predicted molar refractivity (Wildman–Crippen MR) is 86.3 cm³/mol. The van der Waals surface area contributed by atoms with Crippen molar-refractivity contribution in [2.24, 2.45) is 0 Å². The number of carbonyl (C=O) groups excluding carboxylic acids is 1. The molecule has 1 heterocycles. The molecule has 1 aromatic heterocycles. The van der Waals surface area contributed by atoms with Crippen LogP contribution >= 0.6 is 15.9 Å². The van der Waals surface area contributed by atoms with Crippen molar-refractivity contribution in [1.29, 1.82) is 0 Å². The van der Waals surface area contributed by atoms with E-state index in [2.05, 4.69) is 15.9 Å². The number of amides is 1. The fraction of sp³-hybridized carbons (Fsp3) is 0.250. The van der Waals surface area contributed by atoms with E-state index in [9.17, 15) is 22.8 Å². The van der Waals surface area contributed by atoms with Gasteiger partial charge in [0, 0.05) is 24.3 Å². The van der Waals surface area contributed by atoms with Crippen LogP contribution in [0.15, 0.2) is 51.9 Å². The van der Waals surface area contributed by atoms with E-state index in [0.717, 1.165) is 20.7 Å². The largest absolute Gasteiger partial charge is 0.421 e. The van der Waals surface area contributed by atoms with Gasteiger partial charge < -0.3 is 9.47 Å². The second kappa shape index (κ2) is 7.21. The first-order valence-electron chi connectivity index (χ1n) is 6.93. The number of hydrogen-bond acceptors (Lipinski definition) is 2. The van der Waals surface area contributed by atoms with Gasteiger partial charge in [-0.15, -0.1) is 0 Å². The molecule has 2 rings (SSSR count). The summed E-state index contributed by atoms with van der Waals surface area (Å²) in [7, 11) is 1.53. The Morgan fingerprint density at radius 3 is 2.42 bits per heavy atom. The molecule has 8 heteroatoms. The third-order valence-electron chi connectivity index (χ3n) is 3.39. The summed E-state index contributed by atoms with van der Waals surface area (Å²) < 4.78 is 39.9. The molecular formula is C16H14BrF3N2O2. The van der Waals surface area contributed by atoms with Crippen LogP contribution in [0.25, 0.3) is 0 Å². The van der Waals surface area contributed by atoms with Crippen LogP contribution in [-0.2, 0) is 24.1 Å². The van der Waals surface area contributed by atoms with Crippen molar-refractivity contribution in [2.75, 3.05) is 7.05 Å². The van der Waals surface area contributed by atoms with E-state index < -0.39 is 29.8 Å². The lowest BCUT2D eigenvalue weighted by Gasteiger charge is -2.18. The topological polar surface area (TPSA) is 42.3 Å². The Kier molecular flexibility index (Phi) is 5.48. The van der Waals surface area contributed by atoms with Gasteiger partial charge in [0.1, 0.15) is 12.1 Å². The average molecular weight is 403 g/mol. The molecule has 1 aromatic carbocycles. The van der Waals surface area contributed by atoms with Gasteiger partial charge in [-0.2, -0.15) is 13.2 Å². The molecule has 0 atom stereocenters. The standard InChI is InChI=1S/C16H14BrF3N2O2/c1-21(9-11-4-6-12(17)7-5-11)14(23)10-22-8-2-3-13(15(22)24)16(18,19)20/h2-8H,9-10H2,1H3. The predicted octanol–water partition coefficient (Wildman–Crippen LogP) is 3.29. The molecule has 2 aromatic rings. The molecule has 0 fully saturated rings. The van der Waals surface area contributed by atoms with Gasteiger partial charge >= 0.3 is 6.18 Å². The van der Waals surface area contributed by atoms with Crippen LogP contribution in [0, 0.1) is 0 Å². The number of aromatic nitrogens is 1. The van der Waals surface area contributed by atoms with Gasteiger partial charge in [-0.1, -0.05) is 28.1 Å². The number of benzene rings is 1. The van der Waals surface area contributed by atoms with Gasteiger partial charge in [0.15, 0.2) is 0 Å². The molecule has 0 aliphatic heterocycles. The summed E-state index contributed by atoms with van der Waals surface area (Å²) in [5.41, 5.74) is -1.64. The summed E-state index contributed by atoms with van der Waals surface area (Å²) in [6.45, 7) is -0.157. The Morgan fingerprint density at radius 2 is 1.83 bits per heavy atom. The lowest BCUT2D eigenvalue weighted by Crippen LogP contribution is -2.35. The van der Waals surface area contributed by atoms with Gasteiger partial charge in [-0.25, -0.2) is 0 Å². The molecule has 0 bridgehead atoms. The van der Waals surface area contributed by atoms with Crippen molar-refractivity contribution < 1.29 is 18.0 Å². The first-order chi connectivity index (χ1) is 11.2. The Labute approximate surface area is 144 Å². The van der Waals surface area contributed by atoms with Gasteiger partial charge in [-0.05, 0) is 29.8 Å². The molecule has 0 radical (unpaired) electrons. The van der Waals surface area contributed by atoms with Crippen LogP contribution < -0.4 is 5.56 Å². The normalized spacial score (nSPS) is 11.4. The Morgan fingerprint density at radius 1 is 1.21 bits per heavy atom. The number of alkyl halides is 3. The van der Waals surface area contributed by atoms with E-state index in [0.29, 0.717) is 12.6 Å². The maximum atomic E-state index is 12.7. The van der Waals surface area contributed by atoms with Crippen LogP contribution in [0.3, 0.4) is 0 Å². The highest BCUT2D eigenvalue weighted by molar-refractivity contribution is 9.10. The quantitative estimate of drug-likeness (QED) is 0.787. The smallest absolute Gasteiger partial charge is 0.340 e. The number of nitrogens with zero attached hydrogens (tertiary/aromatic N) is 2. The monoisotopic (exact) mass is 402 g/mol. The maximum Gasteiger partial charge on any atom is 0.421 e. The van der Waals surface area contributed by atoms with E-state index in [1.165, 1.54) is 18.1 Å². The van der Waals surface area contributed by atoms with Gasteiger partial charge in [0.05, 0.1) is 0 Å². The van der Waals surface area contributed by atoms with E-state index in [-0.39, 0.29) is 0 Å². The second-order valence-corrected chi connectivity index (χ2v) is 6.14. The molecule has 1 amide bonds. The summed E-state index contributed by atoms with van der Waals surface area (Å²) in [6, 6.07) is 9.10. The lowest BCUT2D eigenvalue weighted by atomic mass is 10.2. The van der Waals surface area contributed by atoms with Crippen LogP contribution in [0.2, 0.25) is 0 Å². The Balaban J connectivity index is 2.12. The van der Waals surface area contributed by atoms with Crippen molar-refractivity contribution in [2.45, 2.75) is 19.3 Å². The highest BCUT2D eigenvalue weighted by Crippen LogP contribution is 2.25. The summed E-state index contributed by atoms with van der Waals surface area (Å²) in [5.74, 6) is -0.459. The molecule has 128 valence electrons. The summed E-state index contributed by atoms with van der Waals surface area (Å²) in [4.78, 5) is 25.4. The molecule has 0 saturated heterocycles. The van der Waals surface area contributed by atoms with Crippen molar-refractivity contribution in [3.05, 3.63) is 68.5 Å². The van der Waals surface area contributed by atoms with E-state index in [4.69, 9.17) is 0 Å². The second-order valence-electron chi connectivity index (χ2n) is 5.23. The molecule has 0 saturated carbocycles. The van der Waals surface area contributed by atoms with Gasteiger partial charge in [-0.3, -0.25) is 9.59 Å². The van der Waals surface area contributed by atoms with Crippen LogP contribution in [0.1, 0.15) is 11.1 Å². The number of rotatable bonds is 4. The third kappa shape index (κ3) is 4.47. The fourth-order valence-corrected chi connectivity index (χ4v) is 2.36. The van der Waals surface area contributed by atoms with Crippen molar-refractivity contribution >= 4 is 21.8 Å². The van der Waals surface area contributed by atoms with Crippen LogP contribution in [-0.4, -0.2) is 22.4 Å². The molecule has 24 heavy (non-hydrogen) atoms. The highest BCUT2D eigenvalue weighted by Gasteiger charge is 2.34. The van der Waals surface area contributed by atoms with Crippen molar-refractivity contribution in [3.8, 4) is 0 Å². The SMILES string of the molecule is CN(Cc1ccc(Br)cc1)C(=O)Cn1cccc(C(F)(F)F)c1=O. The molecule has 0 N–H and O–H groups in total. The number of likely N-dealkylation sites (N-methyl/N-ethyl adjacent to an activating group) is 1. The minimum atomic E-state index is -4.74. The van der Waals surface area contributed by atoms with Crippen molar-refractivity contribution in [3.63, 3.8) is 0 Å². The van der Waals surface area contributed by atoms with E-state index in [1.54, 1.807) is 0 Å². The third-order valence-corrected chi connectivity index (χ3v) is 3.92. The molecule has 0 spiro atoms. The zero-order valence-corrected chi connectivity index (χ0v) is 14.3. The summed E-state index contributed by atoms with van der Waals surface area (Å²) in [6.07, 6.45) is -3.57. The molecule has 0 aliphatic rings. The first-order valence-corrected chi connectivity index (χ1v) is 7.73. The van der Waals surface area contributed by atoms with E-state index in [1.807, 2.05) is 24.3 Å². The summed E-state index contributed by atoms with van der Waals surface area (Å²) in [5, 5.41) is 0. The Bertz CT molecular complexity index is 785. The average Bonchev–Trinajstić information content (AvgIpc) is 2.50. The number of pyridine rings is 1. The fourth-order valence-electron chi connectivity index (χ4n) is 2.10.